The summed E-state index contributed by atoms with van der Waals surface area (Å²) in [4.78, 5) is 25.6. The Morgan fingerprint density at radius 1 is 1.11 bits per heavy atom. The highest BCUT2D eigenvalue weighted by atomic mass is 79.9. The van der Waals surface area contributed by atoms with Gasteiger partial charge in [0.1, 0.15) is 0 Å². The monoisotopic (exact) mass is 611 g/mol. The SMILES string of the molecule is Cc1cc(Br)c(NC(=O)CSc2nnc([C@H](CC(C)C)NC(=O)c3ccc(Cl)cc3Cl)n2C)cc1C. The van der Waals surface area contributed by atoms with Crippen LogP contribution in [-0.2, 0) is 11.8 Å². The fourth-order valence-corrected chi connectivity index (χ4v) is 5.33. The lowest BCUT2D eigenvalue weighted by Crippen LogP contribution is -2.31. The van der Waals surface area contributed by atoms with Crippen molar-refractivity contribution < 1.29 is 9.59 Å². The first-order valence-electron chi connectivity index (χ1n) is 11.3. The highest BCUT2D eigenvalue weighted by molar-refractivity contribution is 9.10. The zero-order chi connectivity index (χ0) is 26.6. The molecule has 0 aliphatic rings. The number of nitrogens with one attached hydrogen (secondary N) is 2. The summed E-state index contributed by atoms with van der Waals surface area (Å²) in [5.74, 6) is 0.566. The maximum absolute atomic E-state index is 13.0. The van der Waals surface area contributed by atoms with Crippen LogP contribution in [0.2, 0.25) is 10.0 Å². The van der Waals surface area contributed by atoms with E-state index in [0.29, 0.717) is 28.0 Å². The molecule has 36 heavy (non-hydrogen) atoms. The Hall–Kier alpha value is -2.07. The maximum atomic E-state index is 13.0. The molecular weight excluding hydrogens is 585 g/mol. The Balaban J connectivity index is 1.71. The van der Waals surface area contributed by atoms with E-state index in [1.807, 2.05) is 33.0 Å². The molecule has 0 aliphatic heterocycles. The summed E-state index contributed by atoms with van der Waals surface area (Å²) in [7, 11) is 1.82. The van der Waals surface area contributed by atoms with Gasteiger partial charge >= 0.3 is 0 Å². The van der Waals surface area contributed by atoms with Crippen LogP contribution < -0.4 is 10.6 Å². The molecule has 2 aromatic carbocycles. The van der Waals surface area contributed by atoms with E-state index < -0.39 is 6.04 Å². The van der Waals surface area contributed by atoms with E-state index in [0.717, 1.165) is 21.3 Å². The van der Waals surface area contributed by atoms with Gasteiger partial charge in [0.15, 0.2) is 11.0 Å². The Bertz CT molecular complexity index is 1280. The first-order chi connectivity index (χ1) is 17.0. The van der Waals surface area contributed by atoms with Gasteiger partial charge in [-0.2, -0.15) is 0 Å². The minimum absolute atomic E-state index is 0.155. The molecule has 0 spiro atoms. The van der Waals surface area contributed by atoms with Crippen molar-refractivity contribution in [3.8, 4) is 0 Å². The number of thioether (sulfide) groups is 1. The molecule has 192 valence electrons. The third kappa shape index (κ3) is 7.25. The van der Waals surface area contributed by atoms with Gasteiger partial charge < -0.3 is 15.2 Å². The van der Waals surface area contributed by atoms with Gasteiger partial charge in [0.25, 0.3) is 5.91 Å². The largest absolute Gasteiger partial charge is 0.342 e. The van der Waals surface area contributed by atoms with Gasteiger partial charge in [-0.05, 0) is 83.6 Å². The van der Waals surface area contributed by atoms with Crippen molar-refractivity contribution in [2.45, 2.75) is 45.3 Å². The van der Waals surface area contributed by atoms with E-state index in [9.17, 15) is 9.59 Å². The number of rotatable bonds is 9. The fraction of sp³-hybridized carbons (Fsp3) is 0.360. The third-order valence-electron chi connectivity index (χ3n) is 5.56. The van der Waals surface area contributed by atoms with E-state index in [-0.39, 0.29) is 28.5 Å². The summed E-state index contributed by atoms with van der Waals surface area (Å²) in [6.45, 7) is 8.15. The number of aryl methyl sites for hydroxylation is 2. The normalized spacial score (nSPS) is 12.0. The minimum Gasteiger partial charge on any atom is -0.342 e. The number of halogens is 3. The van der Waals surface area contributed by atoms with Crippen molar-refractivity contribution in [3.63, 3.8) is 0 Å². The average molecular weight is 613 g/mol. The van der Waals surface area contributed by atoms with Crippen LogP contribution in [0, 0.1) is 19.8 Å². The minimum atomic E-state index is -0.392. The molecule has 1 aromatic heterocycles. The molecule has 0 saturated carbocycles. The lowest BCUT2D eigenvalue weighted by Gasteiger charge is -2.20. The average Bonchev–Trinajstić information content (AvgIpc) is 3.15. The summed E-state index contributed by atoms with van der Waals surface area (Å²) in [6.07, 6.45) is 0.648. The van der Waals surface area contributed by atoms with Crippen molar-refractivity contribution in [3.05, 3.63) is 67.4 Å². The van der Waals surface area contributed by atoms with Crippen LogP contribution in [0.3, 0.4) is 0 Å². The fourth-order valence-electron chi connectivity index (χ4n) is 3.56. The zero-order valence-corrected chi connectivity index (χ0v) is 24.6. The Morgan fingerprint density at radius 2 is 1.81 bits per heavy atom. The lowest BCUT2D eigenvalue weighted by atomic mass is 10.0. The number of nitrogens with zero attached hydrogens (tertiary/aromatic N) is 3. The van der Waals surface area contributed by atoms with E-state index in [4.69, 9.17) is 23.2 Å². The van der Waals surface area contributed by atoms with Crippen LogP contribution in [0.1, 0.15) is 53.6 Å². The summed E-state index contributed by atoms with van der Waals surface area (Å²) in [5.41, 5.74) is 3.29. The maximum Gasteiger partial charge on any atom is 0.253 e. The van der Waals surface area contributed by atoms with Crippen LogP contribution in [0.15, 0.2) is 40.0 Å². The number of amides is 2. The van der Waals surface area contributed by atoms with Gasteiger partial charge in [-0.1, -0.05) is 48.8 Å². The number of aromatic nitrogens is 3. The van der Waals surface area contributed by atoms with E-state index in [1.165, 1.54) is 17.8 Å². The van der Waals surface area contributed by atoms with Gasteiger partial charge in [-0.3, -0.25) is 9.59 Å². The highest BCUT2D eigenvalue weighted by Gasteiger charge is 2.24. The Kier molecular flexibility index (Phi) is 9.86. The van der Waals surface area contributed by atoms with E-state index in [1.54, 1.807) is 16.7 Å². The topological polar surface area (TPSA) is 88.9 Å². The number of benzene rings is 2. The molecular formula is C25H28BrCl2N5O2S. The first kappa shape index (κ1) is 28.5. The molecule has 0 unspecified atom stereocenters. The number of hydrogen-bond acceptors (Lipinski definition) is 5. The predicted molar refractivity (Wildman–Crippen MR) is 150 cm³/mol. The summed E-state index contributed by atoms with van der Waals surface area (Å²) in [6, 6.07) is 8.28. The van der Waals surface area contributed by atoms with Crippen LogP contribution in [0.25, 0.3) is 0 Å². The number of hydrogen-bond donors (Lipinski definition) is 2. The molecule has 0 aliphatic carbocycles. The van der Waals surface area contributed by atoms with Gasteiger partial charge in [0.2, 0.25) is 5.91 Å². The molecule has 1 heterocycles. The van der Waals surface area contributed by atoms with Crippen LogP contribution >= 0.6 is 50.9 Å². The number of carbonyl (C=O) groups is 2. The molecule has 7 nitrogen and oxygen atoms in total. The standard InChI is InChI=1S/C25H28BrCl2N5O2S/c1-13(2)8-21(30-24(35)17-7-6-16(27)11-19(17)28)23-31-32-25(33(23)5)36-12-22(34)29-20-10-15(4)14(3)9-18(20)26/h6-7,9-11,13,21H,8,12H2,1-5H3,(H,29,34)(H,30,35)/t21-/m0/s1. The van der Waals surface area contributed by atoms with Gasteiger partial charge in [0.05, 0.1) is 28.1 Å². The first-order valence-corrected chi connectivity index (χ1v) is 13.8. The summed E-state index contributed by atoms with van der Waals surface area (Å²) in [5, 5.41) is 15.9. The van der Waals surface area contributed by atoms with Crippen molar-refractivity contribution >= 4 is 68.4 Å². The molecule has 11 heteroatoms. The number of carbonyl (C=O) groups excluding carboxylic acids is 2. The Labute approximate surface area is 233 Å². The predicted octanol–water partition coefficient (Wildman–Crippen LogP) is 6.75. The van der Waals surface area contributed by atoms with E-state index in [2.05, 4.69) is 50.6 Å². The third-order valence-corrected chi connectivity index (χ3v) is 7.78. The second-order valence-electron chi connectivity index (χ2n) is 8.93. The van der Waals surface area contributed by atoms with Crippen LogP contribution in [0.5, 0.6) is 0 Å². The molecule has 3 rings (SSSR count). The summed E-state index contributed by atoms with van der Waals surface area (Å²) < 4.78 is 2.64. The molecule has 0 fully saturated rings. The van der Waals surface area contributed by atoms with Crippen LogP contribution in [-0.4, -0.2) is 32.3 Å². The van der Waals surface area contributed by atoms with Gasteiger partial charge in [-0.25, -0.2) is 0 Å². The quantitative estimate of drug-likeness (QED) is 0.261. The molecule has 2 N–H and O–H groups in total. The second kappa shape index (κ2) is 12.4. The van der Waals surface area contributed by atoms with Gasteiger partial charge in [-0.15, -0.1) is 10.2 Å². The molecule has 0 radical (unpaired) electrons. The molecule has 0 bridgehead atoms. The van der Waals surface area contributed by atoms with Crippen molar-refractivity contribution in [2.24, 2.45) is 13.0 Å². The zero-order valence-electron chi connectivity index (χ0n) is 20.7. The van der Waals surface area contributed by atoms with E-state index >= 15 is 0 Å². The second-order valence-corrected chi connectivity index (χ2v) is 11.6. The highest BCUT2D eigenvalue weighted by Crippen LogP contribution is 2.28. The molecule has 2 amide bonds. The smallest absolute Gasteiger partial charge is 0.253 e. The molecule has 3 aromatic rings. The molecule has 1 atom stereocenters. The molecule has 0 saturated heterocycles. The van der Waals surface area contributed by atoms with Crippen molar-refractivity contribution in [2.75, 3.05) is 11.1 Å². The van der Waals surface area contributed by atoms with Crippen molar-refractivity contribution in [1.29, 1.82) is 0 Å². The van der Waals surface area contributed by atoms with Crippen LogP contribution in [0.4, 0.5) is 5.69 Å². The van der Waals surface area contributed by atoms with Crippen molar-refractivity contribution in [1.82, 2.24) is 20.1 Å². The lowest BCUT2D eigenvalue weighted by molar-refractivity contribution is -0.113. The summed E-state index contributed by atoms with van der Waals surface area (Å²) >= 11 is 17.0. The number of anilines is 1. The van der Waals surface area contributed by atoms with Gasteiger partial charge in [0, 0.05) is 16.5 Å². The Morgan fingerprint density at radius 3 is 2.47 bits per heavy atom.